The normalized spacial score (nSPS) is 13.5. The molecule has 0 spiro atoms. The number of aliphatic hydroxyl groups is 2. The van der Waals surface area contributed by atoms with E-state index in [1.54, 1.807) is 0 Å². The van der Waals surface area contributed by atoms with Gasteiger partial charge < -0.3 is 20.3 Å². The van der Waals surface area contributed by atoms with Crippen molar-refractivity contribution in [2.75, 3.05) is 6.61 Å². The van der Waals surface area contributed by atoms with Crippen molar-refractivity contribution in [3.05, 3.63) is 60.8 Å². The molecule has 3 N–H and O–H groups in total. The summed E-state index contributed by atoms with van der Waals surface area (Å²) >= 11 is 0. The zero-order chi connectivity index (χ0) is 49.5. The molecule has 0 aliphatic heterocycles. The Hall–Kier alpha value is -2.44. The number of amides is 1. The third-order valence-electron chi connectivity index (χ3n) is 13.4. The minimum absolute atomic E-state index is 0.0671. The van der Waals surface area contributed by atoms with Gasteiger partial charge in [-0.1, -0.05) is 268 Å². The molecular weight excluding hydrogens is 839 g/mol. The summed E-state index contributed by atoms with van der Waals surface area (Å²) in [5.74, 6) is -0.486. The summed E-state index contributed by atoms with van der Waals surface area (Å²) < 4.78 is 5.96. The average molecular weight is 953 g/mol. The molecule has 0 aromatic rings. The van der Waals surface area contributed by atoms with Crippen molar-refractivity contribution in [2.24, 2.45) is 0 Å². The molecule has 3 atom stereocenters. The van der Waals surface area contributed by atoms with E-state index >= 15 is 0 Å². The number of esters is 1. The predicted molar refractivity (Wildman–Crippen MR) is 296 cm³/mol. The lowest BCUT2D eigenvalue weighted by Crippen LogP contribution is -2.46. The van der Waals surface area contributed by atoms with E-state index in [9.17, 15) is 19.8 Å². The van der Waals surface area contributed by atoms with Gasteiger partial charge in [0.25, 0.3) is 0 Å². The van der Waals surface area contributed by atoms with Gasteiger partial charge in [-0.25, -0.2) is 0 Å². The SMILES string of the molecule is CC/C=C/C=C/C=C/CCCCCCCCCC(=O)OC(CCCCCCCCC/C=C\C/C=C\CCCCC)CC(=O)NC(CO)C(O)CCCCCCCCCCCCCCCCCCC. The van der Waals surface area contributed by atoms with Gasteiger partial charge in [-0.2, -0.15) is 0 Å². The Morgan fingerprint density at radius 1 is 0.456 bits per heavy atom. The van der Waals surface area contributed by atoms with Crippen molar-refractivity contribution in [2.45, 2.75) is 315 Å². The average Bonchev–Trinajstić information content (AvgIpc) is 3.33. The predicted octanol–water partition coefficient (Wildman–Crippen LogP) is 18.4. The first-order valence-corrected chi connectivity index (χ1v) is 29.5. The van der Waals surface area contributed by atoms with Gasteiger partial charge in [0, 0.05) is 6.42 Å². The Labute approximate surface area is 422 Å². The molecule has 1 amide bonds. The Bertz CT molecular complexity index is 1210. The lowest BCUT2D eigenvalue weighted by Gasteiger charge is -2.24. The Balaban J connectivity index is 4.56. The second-order valence-electron chi connectivity index (χ2n) is 20.1. The van der Waals surface area contributed by atoms with Crippen LogP contribution in [0.3, 0.4) is 0 Å². The number of hydrogen-bond acceptors (Lipinski definition) is 5. The molecule has 0 heterocycles. The van der Waals surface area contributed by atoms with Crippen LogP contribution < -0.4 is 5.32 Å². The van der Waals surface area contributed by atoms with Crippen LogP contribution in [0.5, 0.6) is 0 Å². The van der Waals surface area contributed by atoms with Crippen LogP contribution in [0.2, 0.25) is 0 Å². The molecule has 0 fully saturated rings. The van der Waals surface area contributed by atoms with Gasteiger partial charge in [-0.3, -0.25) is 9.59 Å². The zero-order valence-electron chi connectivity index (χ0n) is 45.2. The van der Waals surface area contributed by atoms with Crippen LogP contribution in [0.4, 0.5) is 0 Å². The van der Waals surface area contributed by atoms with Gasteiger partial charge in [-0.15, -0.1) is 0 Å². The molecule has 6 heteroatoms. The molecule has 3 unspecified atom stereocenters. The van der Waals surface area contributed by atoms with E-state index in [0.717, 1.165) is 83.5 Å². The first-order valence-electron chi connectivity index (χ1n) is 29.5. The lowest BCUT2D eigenvalue weighted by atomic mass is 10.0. The van der Waals surface area contributed by atoms with E-state index in [0.29, 0.717) is 19.3 Å². The maximum absolute atomic E-state index is 13.3. The van der Waals surface area contributed by atoms with Gasteiger partial charge in [-0.05, 0) is 77.0 Å². The smallest absolute Gasteiger partial charge is 0.306 e. The molecule has 0 aliphatic carbocycles. The van der Waals surface area contributed by atoms with Gasteiger partial charge in [0.05, 0.1) is 25.2 Å². The summed E-state index contributed by atoms with van der Waals surface area (Å²) in [5.41, 5.74) is 0. The second kappa shape index (κ2) is 55.5. The van der Waals surface area contributed by atoms with Crippen molar-refractivity contribution in [3.63, 3.8) is 0 Å². The Morgan fingerprint density at radius 2 is 0.853 bits per heavy atom. The highest BCUT2D eigenvalue weighted by molar-refractivity contribution is 5.77. The maximum atomic E-state index is 13.3. The molecule has 6 nitrogen and oxygen atoms in total. The number of allylic oxidation sites excluding steroid dienone is 10. The summed E-state index contributed by atoms with van der Waals surface area (Å²) in [6.45, 7) is 6.36. The molecule has 0 aliphatic rings. The van der Waals surface area contributed by atoms with Crippen LogP contribution >= 0.6 is 0 Å². The first kappa shape index (κ1) is 65.6. The summed E-state index contributed by atoms with van der Waals surface area (Å²) in [4.78, 5) is 26.3. The number of ether oxygens (including phenoxy) is 1. The quantitative estimate of drug-likeness (QED) is 0.0244. The highest BCUT2D eigenvalue weighted by Gasteiger charge is 2.24. The Morgan fingerprint density at radius 3 is 1.34 bits per heavy atom. The number of carbonyl (C=O) groups excluding carboxylic acids is 2. The van der Waals surface area contributed by atoms with Crippen molar-refractivity contribution >= 4 is 11.9 Å². The fourth-order valence-corrected chi connectivity index (χ4v) is 8.93. The molecule has 396 valence electrons. The van der Waals surface area contributed by atoms with E-state index < -0.39 is 18.2 Å². The van der Waals surface area contributed by atoms with Crippen LogP contribution in [0.25, 0.3) is 0 Å². The van der Waals surface area contributed by atoms with Crippen molar-refractivity contribution in [1.82, 2.24) is 5.32 Å². The first-order chi connectivity index (χ1) is 33.5. The fraction of sp³-hybridized carbons (Fsp3) is 0.806. The van der Waals surface area contributed by atoms with E-state index in [2.05, 4.69) is 86.8 Å². The van der Waals surface area contributed by atoms with Crippen molar-refractivity contribution in [3.8, 4) is 0 Å². The third-order valence-corrected chi connectivity index (χ3v) is 13.4. The standard InChI is InChI=1S/C62H113NO5/c1-4-7-10-13-16-19-22-25-28-30-33-35-38-41-44-47-50-53-58(68-62(67)55-52-49-46-43-40-37-32-27-24-21-18-15-12-9-6-3)56-61(66)63-59(57-64)60(65)54-51-48-45-42-39-36-34-31-29-26-23-20-17-14-11-8-5-2/h9,12,15-16,18-19,21,24-25,28,58-60,64-65H,4-8,10-11,13-14,17,20,22-23,26-27,29-57H2,1-3H3,(H,63,66)/b12-9+,18-15+,19-16-,24-21+,28-25-. The number of carbonyl (C=O) groups is 2. The molecule has 0 rings (SSSR count). The van der Waals surface area contributed by atoms with E-state index in [-0.39, 0.29) is 24.9 Å². The van der Waals surface area contributed by atoms with Crippen LogP contribution in [0, 0.1) is 0 Å². The molecule has 0 radical (unpaired) electrons. The monoisotopic (exact) mass is 952 g/mol. The highest BCUT2D eigenvalue weighted by Crippen LogP contribution is 2.19. The minimum atomic E-state index is -0.795. The molecule has 0 aromatic heterocycles. The second-order valence-corrected chi connectivity index (χ2v) is 20.1. The third kappa shape index (κ3) is 50.0. The number of hydrogen-bond donors (Lipinski definition) is 3. The molecule has 0 aromatic carbocycles. The molecule has 0 bridgehead atoms. The van der Waals surface area contributed by atoms with Gasteiger partial charge in [0.1, 0.15) is 6.10 Å². The summed E-state index contributed by atoms with van der Waals surface area (Å²) in [6, 6.07) is -0.709. The Kier molecular flexibility index (Phi) is 53.5. The molecule has 0 saturated heterocycles. The zero-order valence-corrected chi connectivity index (χ0v) is 45.2. The van der Waals surface area contributed by atoms with Gasteiger partial charge in [0.2, 0.25) is 5.91 Å². The molecule has 0 saturated carbocycles. The van der Waals surface area contributed by atoms with Gasteiger partial charge >= 0.3 is 5.97 Å². The van der Waals surface area contributed by atoms with Crippen molar-refractivity contribution in [1.29, 1.82) is 0 Å². The van der Waals surface area contributed by atoms with Gasteiger partial charge in [0.15, 0.2) is 0 Å². The largest absolute Gasteiger partial charge is 0.462 e. The summed E-state index contributed by atoms with van der Waals surface area (Å²) in [5, 5.41) is 23.9. The van der Waals surface area contributed by atoms with Crippen LogP contribution in [-0.4, -0.2) is 46.9 Å². The minimum Gasteiger partial charge on any atom is -0.462 e. The lowest BCUT2D eigenvalue weighted by molar-refractivity contribution is -0.151. The van der Waals surface area contributed by atoms with Crippen LogP contribution in [0.15, 0.2) is 60.8 Å². The van der Waals surface area contributed by atoms with E-state index in [4.69, 9.17) is 4.74 Å². The number of aliphatic hydroxyl groups excluding tert-OH is 2. The highest BCUT2D eigenvalue weighted by atomic mass is 16.5. The number of rotatable bonds is 53. The summed E-state index contributed by atoms with van der Waals surface area (Å²) in [6.07, 6.45) is 70.0. The number of unbranched alkanes of at least 4 members (excludes halogenated alkanes) is 33. The van der Waals surface area contributed by atoms with Crippen LogP contribution in [0.1, 0.15) is 297 Å². The molecular formula is C62H113NO5. The topological polar surface area (TPSA) is 95.9 Å². The summed E-state index contributed by atoms with van der Waals surface area (Å²) in [7, 11) is 0. The van der Waals surface area contributed by atoms with E-state index in [1.165, 1.54) is 167 Å². The number of nitrogens with one attached hydrogen (secondary N) is 1. The molecule has 68 heavy (non-hydrogen) atoms. The van der Waals surface area contributed by atoms with Crippen LogP contribution in [-0.2, 0) is 14.3 Å². The van der Waals surface area contributed by atoms with E-state index in [1.807, 2.05) is 0 Å². The van der Waals surface area contributed by atoms with Crippen molar-refractivity contribution < 1.29 is 24.5 Å². The fourth-order valence-electron chi connectivity index (χ4n) is 8.93. The maximum Gasteiger partial charge on any atom is 0.306 e.